The Labute approximate surface area is 125 Å². The number of nitrogens with zero attached hydrogens (tertiary/aromatic N) is 2. The second-order valence-corrected chi connectivity index (χ2v) is 5.67. The molecule has 2 atom stereocenters. The van der Waals surface area contributed by atoms with E-state index in [2.05, 4.69) is 5.32 Å². The zero-order valence-electron chi connectivity index (χ0n) is 13.0. The minimum absolute atomic E-state index is 0.0583. The van der Waals surface area contributed by atoms with Crippen molar-refractivity contribution >= 4 is 17.9 Å². The van der Waals surface area contributed by atoms with Crippen molar-refractivity contribution in [3.8, 4) is 0 Å². The molecule has 21 heavy (non-hydrogen) atoms. The van der Waals surface area contributed by atoms with Gasteiger partial charge >= 0.3 is 12.0 Å². The number of carboxylic acids is 1. The Bertz CT molecular complexity index is 400. The fraction of sp³-hybridized carbons (Fsp3) is 0.786. The van der Waals surface area contributed by atoms with Crippen molar-refractivity contribution in [3.05, 3.63) is 0 Å². The van der Waals surface area contributed by atoms with Crippen molar-refractivity contribution in [2.24, 2.45) is 5.92 Å². The van der Waals surface area contributed by atoms with Crippen molar-refractivity contribution < 1.29 is 19.5 Å². The Morgan fingerprint density at radius 1 is 1.38 bits per heavy atom. The fourth-order valence-corrected chi connectivity index (χ4v) is 2.43. The van der Waals surface area contributed by atoms with Gasteiger partial charge < -0.3 is 20.2 Å². The second kappa shape index (κ2) is 7.85. The highest BCUT2D eigenvalue weighted by Gasteiger charge is 2.36. The molecular weight excluding hydrogens is 274 g/mol. The number of hydrogen-bond acceptors (Lipinski definition) is 3. The van der Waals surface area contributed by atoms with Gasteiger partial charge in [-0.3, -0.25) is 4.79 Å². The number of amides is 3. The van der Waals surface area contributed by atoms with Crippen LogP contribution >= 0.6 is 0 Å². The van der Waals surface area contributed by atoms with E-state index >= 15 is 0 Å². The van der Waals surface area contributed by atoms with Gasteiger partial charge in [0.1, 0.15) is 12.6 Å². The van der Waals surface area contributed by atoms with Crippen LogP contribution in [0, 0.1) is 5.92 Å². The summed E-state index contributed by atoms with van der Waals surface area (Å²) in [5.41, 5.74) is 0. The molecule has 1 fully saturated rings. The standard InChI is InChI=1S/C14H25N3O4/c1-4-6-15-12(18)9-16(3)14(21)17-7-5-10(2)8-11(17)13(19)20/h10-11H,4-9H2,1-3H3,(H,15,18)(H,19,20). The summed E-state index contributed by atoms with van der Waals surface area (Å²) in [6, 6.07) is -1.21. The number of carbonyl (C=O) groups is 3. The number of carbonyl (C=O) groups excluding carboxylic acids is 2. The number of hydrogen-bond donors (Lipinski definition) is 2. The van der Waals surface area contributed by atoms with Crippen LogP contribution in [0.4, 0.5) is 4.79 Å². The van der Waals surface area contributed by atoms with Gasteiger partial charge in [-0.1, -0.05) is 13.8 Å². The quantitative estimate of drug-likeness (QED) is 0.784. The Hall–Kier alpha value is -1.79. The van der Waals surface area contributed by atoms with E-state index in [0.717, 1.165) is 12.8 Å². The molecule has 1 saturated heterocycles. The van der Waals surface area contributed by atoms with Crippen LogP contribution in [0.25, 0.3) is 0 Å². The van der Waals surface area contributed by atoms with Gasteiger partial charge in [0.25, 0.3) is 0 Å². The van der Waals surface area contributed by atoms with Gasteiger partial charge in [0.15, 0.2) is 0 Å². The van der Waals surface area contributed by atoms with E-state index in [9.17, 15) is 19.5 Å². The van der Waals surface area contributed by atoms with Crippen molar-refractivity contribution in [1.29, 1.82) is 0 Å². The third-order valence-electron chi connectivity index (χ3n) is 3.67. The van der Waals surface area contributed by atoms with E-state index in [1.54, 1.807) is 0 Å². The first-order valence-electron chi connectivity index (χ1n) is 7.38. The van der Waals surface area contributed by atoms with Crippen LogP contribution in [0.1, 0.15) is 33.1 Å². The summed E-state index contributed by atoms with van der Waals surface area (Å²) in [4.78, 5) is 37.9. The molecule has 0 aromatic rings. The van der Waals surface area contributed by atoms with Crippen LogP contribution < -0.4 is 5.32 Å². The maximum atomic E-state index is 12.3. The first-order valence-corrected chi connectivity index (χ1v) is 7.38. The number of likely N-dealkylation sites (tertiary alicyclic amines) is 1. The van der Waals surface area contributed by atoms with Gasteiger partial charge in [-0.05, 0) is 25.2 Å². The molecule has 3 amide bonds. The molecule has 1 aliphatic rings. The van der Waals surface area contributed by atoms with Gasteiger partial charge in [0.05, 0.1) is 0 Å². The molecule has 7 heteroatoms. The van der Waals surface area contributed by atoms with Crippen molar-refractivity contribution in [2.45, 2.75) is 39.2 Å². The van der Waals surface area contributed by atoms with E-state index in [-0.39, 0.29) is 18.4 Å². The van der Waals surface area contributed by atoms with Crippen LogP contribution in [0.5, 0.6) is 0 Å². The zero-order chi connectivity index (χ0) is 16.0. The van der Waals surface area contributed by atoms with Crippen molar-refractivity contribution in [1.82, 2.24) is 15.1 Å². The van der Waals surface area contributed by atoms with Crippen molar-refractivity contribution in [3.63, 3.8) is 0 Å². The summed E-state index contributed by atoms with van der Waals surface area (Å²) < 4.78 is 0. The summed E-state index contributed by atoms with van der Waals surface area (Å²) in [7, 11) is 1.52. The van der Waals surface area contributed by atoms with Crippen molar-refractivity contribution in [2.75, 3.05) is 26.7 Å². The van der Waals surface area contributed by atoms with E-state index in [4.69, 9.17) is 0 Å². The molecule has 0 aromatic heterocycles. The summed E-state index contributed by atoms with van der Waals surface area (Å²) in [5, 5.41) is 12.0. The number of piperidine rings is 1. The predicted octanol–water partition coefficient (Wildman–Crippen LogP) is 0.750. The van der Waals surface area contributed by atoms with Gasteiger partial charge in [0.2, 0.25) is 5.91 Å². The van der Waals surface area contributed by atoms with E-state index < -0.39 is 18.0 Å². The molecule has 2 N–H and O–H groups in total. The molecule has 1 rings (SSSR count). The molecule has 0 saturated carbocycles. The summed E-state index contributed by atoms with van der Waals surface area (Å²) >= 11 is 0. The lowest BCUT2D eigenvalue weighted by atomic mass is 9.93. The highest BCUT2D eigenvalue weighted by Crippen LogP contribution is 2.23. The molecule has 0 aromatic carbocycles. The number of nitrogens with one attached hydrogen (secondary N) is 1. The molecule has 1 heterocycles. The Kier molecular flexibility index (Phi) is 6.45. The smallest absolute Gasteiger partial charge is 0.326 e. The summed E-state index contributed by atoms with van der Waals surface area (Å²) in [5.74, 6) is -0.933. The largest absolute Gasteiger partial charge is 0.480 e. The number of likely N-dealkylation sites (N-methyl/N-ethyl adjacent to an activating group) is 1. The number of carboxylic acid groups (broad SMARTS) is 1. The molecular formula is C14H25N3O4. The molecule has 1 aliphatic heterocycles. The minimum Gasteiger partial charge on any atom is -0.480 e. The number of rotatable bonds is 5. The summed E-state index contributed by atoms with van der Waals surface area (Å²) in [6.45, 7) is 4.86. The van der Waals surface area contributed by atoms with E-state index in [1.165, 1.54) is 16.8 Å². The second-order valence-electron chi connectivity index (χ2n) is 5.67. The van der Waals surface area contributed by atoms with Crippen LogP contribution in [-0.2, 0) is 9.59 Å². The van der Waals surface area contributed by atoms with Gasteiger partial charge in [-0.15, -0.1) is 0 Å². The van der Waals surface area contributed by atoms with E-state index in [0.29, 0.717) is 19.5 Å². The van der Waals surface area contributed by atoms with Crippen LogP contribution in [-0.4, -0.2) is 65.5 Å². The molecule has 0 radical (unpaired) electrons. The first-order chi connectivity index (χ1) is 9.86. The zero-order valence-corrected chi connectivity index (χ0v) is 13.0. The molecule has 0 bridgehead atoms. The molecule has 120 valence electrons. The number of aliphatic carboxylic acids is 1. The van der Waals surface area contributed by atoms with Crippen LogP contribution in [0.15, 0.2) is 0 Å². The first kappa shape index (κ1) is 17.3. The highest BCUT2D eigenvalue weighted by molar-refractivity contribution is 5.86. The SMILES string of the molecule is CCCNC(=O)CN(C)C(=O)N1CCC(C)CC1C(=O)O. The monoisotopic (exact) mass is 299 g/mol. The normalized spacial score (nSPS) is 21.8. The summed E-state index contributed by atoms with van der Waals surface area (Å²) in [6.07, 6.45) is 2.07. The lowest BCUT2D eigenvalue weighted by molar-refractivity contribution is -0.144. The predicted molar refractivity (Wildman–Crippen MR) is 77.9 cm³/mol. The average molecular weight is 299 g/mol. The van der Waals surface area contributed by atoms with Gasteiger partial charge in [-0.25, -0.2) is 9.59 Å². The third-order valence-corrected chi connectivity index (χ3v) is 3.67. The lowest BCUT2D eigenvalue weighted by Crippen LogP contribution is -2.54. The molecule has 2 unspecified atom stereocenters. The fourth-order valence-electron chi connectivity index (χ4n) is 2.43. The number of urea groups is 1. The van der Waals surface area contributed by atoms with Gasteiger partial charge in [0, 0.05) is 20.1 Å². The Balaban J connectivity index is 2.63. The average Bonchev–Trinajstić information content (AvgIpc) is 2.44. The van der Waals surface area contributed by atoms with Crippen LogP contribution in [0.3, 0.4) is 0 Å². The van der Waals surface area contributed by atoms with Gasteiger partial charge in [-0.2, -0.15) is 0 Å². The van der Waals surface area contributed by atoms with E-state index in [1.807, 2.05) is 13.8 Å². The molecule has 0 spiro atoms. The maximum absolute atomic E-state index is 12.3. The topological polar surface area (TPSA) is 90.0 Å². The highest BCUT2D eigenvalue weighted by atomic mass is 16.4. The maximum Gasteiger partial charge on any atom is 0.326 e. The minimum atomic E-state index is -0.987. The molecule has 7 nitrogen and oxygen atoms in total. The van der Waals surface area contributed by atoms with Crippen LogP contribution in [0.2, 0.25) is 0 Å². The third kappa shape index (κ3) is 4.91. The Morgan fingerprint density at radius 3 is 2.62 bits per heavy atom. The molecule has 0 aliphatic carbocycles. The lowest BCUT2D eigenvalue weighted by Gasteiger charge is -2.37. The Morgan fingerprint density at radius 2 is 2.05 bits per heavy atom.